The predicted molar refractivity (Wildman–Crippen MR) is 80.5 cm³/mol. The molecule has 1 nitrogen and oxygen atoms in total. The summed E-state index contributed by atoms with van der Waals surface area (Å²) in [6.07, 6.45) is 7.45. The highest BCUT2D eigenvalue weighted by atomic mass is 79.9. The van der Waals surface area contributed by atoms with Crippen molar-refractivity contribution in [1.29, 1.82) is 0 Å². The molecule has 1 aromatic carbocycles. The van der Waals surface area contributed by atoms with Crippen LogP contribution in [0.4, 0.5) is 0 Å². The molecule has 1 aliphatic rings. The molecule has 0 radical (unpaired) electrons. The molecule has 1 fully saturated rings. The van der Waals surface area contributed by atoms with E-state index in [0.29, 0.717) is 11.3 Å². The van der Waals surface area contributed by atoms with E-state index in [9.17, 15) is 0 Å². The molecule has 100 valence electrons. The van der Waals surface area contributed by atoms with E-state index in [1.807, 2.05) is 24.3 Å². The predicted octanol–water partition coefficient (Wildman–Crippen LogP) is 5.41. The van der Waals surface area contributed by atoms with Crippen LogP contribution in [0, 0.1) is 5.92 Å². The average molecular weight is 332 g/mol. The van der Waals surface area contributed by atoms with Crippen LogP contribution >= 0.6 is 27.5 Å². The Bertz CT molecular complexity index is 369. The van der Waals surface area contributed by atoms with Crippen molar-refractivity contribution in [2.75, 3.05) is 6.61 Å². The Morgan fingerprint density at radius 2 is 2.06 bits per heavy atom. The van der Waals surface area contributed by atoms with Gasteiger partial charge < -0.3 is 4.74 Å². The lowest BCUT2D eigenvalue weighted by atomic mass is 9.97. The molecule has 0 N–H and O–H groups in total. The van der Waals surface area contributed by atoms with Crippen LogP contribution in [0.2, 0.25) is 0 Å². The van der Waals surface area contributed by atoms with E-state index >= 15 is 0 Å². The quantitative estimate of drug-likeness (QED) is 0.530. The second-order valence-electron chi connectivity index (χ2n) is 5.01. The standard InChI is InChI=1S/C15H20BrClO/c16-13-6-4-7-14(11-13)18-10-9-12-5-2-1-3-8-15(12)17/h4,6-7,11-12,15H,1-3,5,8-10H2. The molecular weight excluding hydrogens is 312 g/mol. The van der Waals surface area contributed by atoms with Gasteiger partial charge >= 0.3 is 0 Å². The Balaban J connectivity index is 1.77. The van der Waals surface area contributed by atoms with Crippen LogP contribution in [-0.4, -0.2) is 12.0 Å². The second-order valence-corrected chi connectivity index (χ2v) is 6.48. The Morgan fingerprint density at radius 3 is 2.89 bits per heavy atom. The normalized spacial score (nSPS) is 24.6. The average Bonchev–Trinajstić information content (AvgIpc) is 2.55. The fourth-order valence-corrected chi connectivity index (χ4v) is 3.33. The highest BCUT2D eigenvalue weighted by Crippen LogP contribution is 2.30. The highest BCUT2D eigenvalue weighted by Gasteiger charge is 2.21. The van der Waals surface area contributed by atoms with Crippen molar-refractivity contribution >= 4 is 27.5 Å². The van der Waals surface area contributed by atoms with Crippen molar-refractivity contribution in [1.82, 2.24) is 0 Å². The topological polar surface area (TPSA) is 9.23 Å². The Labute approximate surface area is 123 Å². The maximum Gasteiger partial charge on any atom is 0.120 e. The summed E-state index contributed by atoms with van der Waals surface area (Å²) in [5.74, 6) is 1.56. The van der Waals surface area contributed by atoms with Gasteiger partial charge in [-0.25, -0.2) is 0 Å². The number of halogens is 2. The van der Waals surface area contributed by atoms with Crippen molar-refractivity contribution < 1.29 is 4.74 Å². The van der Waals surface area contributed by atoms with Crippen LogP contribution in [0.15, 0.2) is 28.7 Å². The first-order valence-corrected chi connectivity index (χ1v) is 8.01. The third-order valence-corrected chi connectivity index (χ3v) is 4.69. The third kappa shape index (κ3) is 4.47. The zero-order chi connectivity index (χ0) is 12.8. The minimum Gasteiger partial charge on any atom is -0.494 e. The summed E-state index contributed by atoms with van der Waals surface area (Å²) >= 11 is 9.88. The van der Waals surface area contributed by atoms with Gasteiger partial charge in [0.25, 0.3) is 0 Å². The smallest absolute Gasteiger partial charge is 0.120 e. The lowest BCUT2D eigenvalue weighted by Gasteiger charge is -2.19. The molecule has 0 aliphatic heterocycles. The zero-order valence-corrected chi connectivity index (χ0v) is 12.9. The van der Waals surface area contributed by atoms with E-state index in [-0.39, 0.29) is 0 Å². The van der Waals surface area contributed by atoms with Crippen LogP contribution < -0.4 is 4.74 Å². The van der Waals surface area contributed by atoms with Gasteiger partial charge in [0, 0.05) is 9.85 Å². The van der Waals surface area contributed by atoms with Crippen molar-refractivity contribution in [3.63, 3.8) is 0 Å². The molecule has 2 rings (SSSR count). The molecule has 1 saturated carbocycles. The van der Waals surface area contributed by atoms with Gasteiger partial charge in [-0.3, -0.25) is 0 Å². The maximum atomic E-state index is 6.43. The summed E-state index contributed by atoms with van der Waals surface area (Å²) in [6.45, 7) is 0.768. The van der Waals surface area contributed by atoms with Crippen molar-refractivity contribution in [2.24, 2.45) is 5.92 Å². The number of rotatable bonds is 4. The molecule has 0 heterocycles. The van der Waals surface area contributed by atoms with Gasteiger partial charge in [0.15, 0.2) is 0 Å². The van der Waals surface area contributed by atoms with Gasteiger partial charge in [-0.15, -0.1) is 11.6 Å². The van der Waals surface area contributed by atoms with Gasteiger partial charge in [-0.05, 0) is 43.4 Å². The number of alkyl halides is 1. The van der Waals surface area contributed by atoms with Gasteiger partial charge in [0.05, 0.1) is 6.61 Å². The van der Waals surface area contributed by atoms with Gasteiger partial charge in [-0.1, -0.05) is 41.3 Å². The summed E-state index contributed by atoms with van der Waals surface area (Å²) in [5, 5.41) is 0.346. The fourth-order valence-electron chi connectivity index (χ4n) is 2.55. The fraction of sp³-hybridized carbons (Fsp3) is 0.600. The van der Waals surface area contributed by atoms with Crippen LogP contribution in [-0.2, 0) is 0 Å². The summed E-state index contributed by atoms with van der Waals surface area (Å²) in [6, 6.07) is 8.00. The number of ether oxygens (including phenoxy) is 1. The summed E-state index contributed by atoms with van der Waals surface area (Å²) in [5.41, 5.74) is 0. The molecule has 0 bridgehead atoms. The van der Waals surface area contributed by atoms with Crippen LogP contribution in [0.1, 0.15) is 38.5 Å². The minimum atomic E-state index is 0.346. The lowest BCUT2D eigenvalue weighted by molar-refractivity contribution is 0.268. The molecule has 0 amide bonds. The monoisotopic (exact) mass is 330 g/mol. The lowest BCUT2D eigenvalue weighted by Crippen LogP contribution is -2.16. The molecule has 0 aromatic heterocycles. The number of benzene rings is 1. The first kappa shape index (κ1) is 14.2. The molecule has 3 heteroatoms. The van der Waals surface area contributed by atoms with E-state index in [1.54, 1.807) is 0 Å². The molecule has 0 saturated heterocycles. The van der Waals surface area contributed by atoms with E-state index in [1.165, 1.54) is 32.1 Å². The van der Waals surface area contributed by atoms with E-state index in [0.717, 1.165) is 23.2 Å². The summed E-state index contributed by atoms with van der Waals surface area (Å²) in [7, 11) is 0. The van der Waals surface area contributed by atoms with E-state index in [4.69, 9.17) is 16.3 Å². The van der Waals surface area contributed by atoms with Crippen molar-refractivity contribution in [3.8, 4) is 5.75 Å². The van der Waals surface area contributed by atoms with Gasteiger partial charge in [0.1, 0.15) is 5.75 Å². The minimum absolute atomic E-state index is 0.346. The van der Waals surface area contributed by atoms with Gasteiger partial charge in [-0.2, -0.15) is 0 Å². The van der Waals surface area contributed by atoms with E-state index < -0.39 is 0 Å². The van der Waals surface area contributed by atoms with Gasteiger partial charge in [0.2, 0.25) is 0 Å². The summed E-state index contributed by atoms with van der Waals surface area (Å²) in [4.78, 5) is 0. The molecule has 1 aromatic rings. The molecule has 2 atom stereocenters. The van der Waals surface area contributed by atoms with E-state index in [2.05, 4.69) is 15.9 Å². The molecular formula is C15H20BrClO. The molecule has 2 unspecified atom stereocenters. The molecule has 1 aliphatic carbocycles. The highest BCUT2D eigenvalue weighted by molar-refractivity contribution is 9.10. The Kier molecular flexibility index (Phi) is 5.84. The molecule has 18 heavy (non-hydrogen) atoms. The van der Waals surface area contributed by atoms with Crippen molar-refractivity contribution in [3.05, 3.63) is 28.7 Å². The Morgan fingerprint density at radius 1 is 1.22 bits per heavy atom. The third-order valence-electron chi connectivity index (χ3n) is 3.62. The Hall–Kier alpha value is -0.210. The summed E-state index contributed by atoms with van der Waals surface area (Å²) < 4.78 is 6.85. The maximum absolute atomic E-state index is 6.43. The first-order valence-electron chi connectivity index (χ1n) is 6.78. The first-order chi connectivity index (χ1) is 8.75. The van der Waals surface area contributed by atoms with Crippen molar-refractivity contribution in [2.45, 2.75) is 43.9 Å². The second kappa shape index (κ2) is 7.40. The molecule has 0 spiro atoms. The number of hydrogen-bond donors (Lipinski definition) is 0. The van der Waals surface area contributed by atoms with Crippen LogP contribution in [0.5, 0.6) is 5.75 Å². The van der Waals surface area contributed by atoms with Crippen LogP contribution in [0.25, 0.3) is 0 Å². The SMILES string of the molecule is ClC1CCCCCC1CCOc1cccc(Br)c1. The van der Waals surface area contributed by atoms with Crippen LogP contribution in [0.3, 0.4) is 0 Å². The number of hydrogen-bond acceptors (Lipinski definition) is 1. The zero-order valence-electron chi connectivity index (χ0n) is 10.6. The largest absolute Gasteiger partial charge is 0.494 e.